The first-order valence-electron chi connectivity index (χ1n) is 5.05. The summed E-state index contributed by atoms with van der Waals surface area (Å²) in [7, 11) is 0. The maximum absolute atomic E-state index is 6.14. The number of hydrogen-bond acceptors (Lipinski definition) is 1. The monoisotopic (exact) mass is 165 g/mol. The number of allylic oxidation sites excluding steroid dienone is 1. The Kier molecular flexibility index (Phi) is 1.80. The molecule has 0 aromatic heterocycles. The van der Waals surface area contributed by atoms with E-state index in [4.69, 9.17) is 5.73 Å². The molecule has 0 aromatic rings. The van der Waals surface area contributed by atoms with Crippen LogP contribution in [0.5, 0.6) is 0 Å². The Morgan fingerprint density at radius 2 is 2.17 bits per heavy atom. The minimum absolute atomic E-state index is 0.398. The molecule has 1 nitrogen and oxygen atoms in total. The maximum Gasteiger partial charge on any atom is 0.00987 e. The molecule has 1 heteroatoms. The highest BCUT2D eigenvalue weighted by molar-refractivity contribution is 5.11. The molecule has 0 aromatic carbocycles. The van der Waals surface area contributed by atoms with Crippen LogP contribution in [-0.4, -0.2) is 6.04 Å². The number of nitrogens with two attached hydrogens (primary N) is 1. The molecule has 2 N–H and O–H groups in total. The Hall–Kier alpha value is -0.300. The molecule has 0 spiro atoms. The smallest absolute Gasteiger partial charge is 0.00987 e. The predicted octanol–water partition coefficient (Wildman–Crippen LogP) is 2.47. The van der Waals surface area contributed by atoms with E-state index in [-0.39, 0.29) is 0 Å². The van der Waals surface area contributed by atoms with Gasteiger partial charge >= 0.3 is 0 Å². The fourth-order valence-corrected chi connectivity index (χ4v) is 3.10. The van der Waals surface area contributed by atoms with E-state index in [1.54, 1.807) is 0 Å². The molecular weight excluding hydrogens is 146 g/mol. The van der Waals surface area contributed by atoms with Gasteiger partial charge in [0, 0.05) is 6.04 Å². The van der Waals surface area contributed by atoms with E-state index >= 15 is 0 Å². The first-order chi connectivity index (χ1) is 5.63. The van der Waals surface area contributed by atoms with Gasteiger partial charge < -0.3 is 5.73 Å². The molecule has 0 amide bonds. The molecule has 2 unspecified atom stereocenters. The first kappa shape index (κ1) is 8.31. The number of rotatable bonds is 0. The van der Waals surface area contributed by atoms with E-state index in [2.05, 4.69) is 13.5 Å². The molecule has 2 saturated carbocycles. The van der Waals surface area contributed by atoms with Crippen LogP contribution < -0.4 is 5.73 Å². The lowest BCUT2D eigenvalue weighted by Gasteiger charge is -2.40. The maximum atomic E-state index is 6.14. The summed E-state index contributed by atoms with van der Waals surface area (Å²) in [5.41, 5.74) is 7.97. The number of hydrogen-bond donors (Lipinski definition) is 1. The van der Waals surface area contributed by atoms with Crippen molar-refractivity contribution in [2.45, 2.75) is 45.1 Å². The van der Waals surface area contributed by atoms with Crippen molar-refractivity contribution in [3.8, 4) is 0 Å². The second kappa shape index (κ2) is 2.59. The Morgan fingerprint density at radius 1 is 1.42 bits per heavy atom. The molecule has 0 aliphatic heterocycles. The molecule has 2 rings (SSSR count). The lowest BCUT2D eigenvalue weighted by Crippen LogP contribution is -2.40. The van der Waals surface area contributed by atoms with E-state index in [9.17, 15) is 0 Å². The van der Waals surface area contributed by atoms with E-state index in [1.165, 1.54) is 37.7 Å². The summed E-state index contributed by atoms with van der Waals surface area (Å²) in [6.45, 7) is 6.46. The van der Waals surface area contributed by atoms with E-state index in [0.29, 0.717) is 11.5 Å². The van der Waals surface area contributed by atoms with Gasteiger partial charge in [-0.25, -0.2) is 0 Å². The summed E-state index contributed by atoms with van der Waals surface area (Å²) >= 11 is 0. The summed E-state index contributed by atoms with van der Waals surface area (Å²) in [5, 5.41) is 0. The van der Waals surface area contributed by atoms with Gasteiger partial charge in [0.2, 0.25) is 0 Å². The second-order valence-electron chi connectivity index (χ2n) is 4.85. The number of fused-ring (bicyclic) bond motifs is 1. The Morgan fingerprint density at radius 3 is 2.92 bits per heavy atom. The zero-order chi connectivity index (χ0) is 8.77. The van der Waals surface area contributed by atoms with Gasteiger partial charge in [-0.3, -0.25) is 0 Å². The molecule has 3 atom stereocenters. The molecule has 0 saturated heterocycles. The van der Waals surface area contributed by atoms with Gasteiger partial charge in [-0.1, -0.05) is 19.1 Å². The SMILES string of the molecule is C=C1CCC2CCC(N)[C@@]2(C)C1. The highest BCUT2D eigenvalue weighted by Crippen LogP contribution is 2.52. The van der Waals surface area contributed by atoms with Crippen LogP contribution in [0.1, 0.15) is 39.0 Å². The molecule has 12 heavy (non-hydrogen) atoms. The summed E-state index contributed by atoms with van der Waals surface area (Å²) in [5.74, 6) is 0.887. The molecule has 0 radical (unpaired) electrons. The summed E-state index contributed by atoms with van der Waals surface area (Å²) in [6, 6.07) is 0.430. The van der Waals surface area contributed by atoms with Crippen molar-refractivity contribution in [1.82, 2.24) is 0 Å². The van der Waals surface area contributed by atoms with E-state index < -0.39 is 0 Å². The van der Waals surface area contributed by atoms with Crippen LogP contribution in [0.15, 0.2) is 12.2 Å². The third-order valence-electron chi connectivity index (χ3n) is 4.08. The summed E-state index contributed by atoms with van der Waals surface area (Å²) in [6.07, 6.45) is 6.34. The van der Waals surface area contributed by atoms with Crippen molar-refractivity contribution in [3.05, 3.63) is 12.2 Å². The molecule has 68 valence electrons. The van der Waals surface area contributed by atoms with Gasteiger partial charge in [-0.15, -0.1) is 0 Å². The largest absolute Gasteiger partial charge is 0.327 e. The van der Waals surface area contributed by atoms with Crippen molar-refractivity contribution < 1.29 is 0 Å². The van der Waals surface area contributed by atoms with Crippen LogP contribution in [0.3, 0.4) is 0 Å². The third-order valence-corrected chi connectivity index (χ3v) is 4.08. The lowest BCUT2D eigenvalue weighted by atomic mass is 9.66. The zero-order valence-corrected chi connectivity index (χ0v) is 7.97. The van der Waals surface area contributed by atoms with E-state index in [1.807, 2.05) is 0 Å². The fourth-order valence-electron chi connectivity index (χ4n) is 3.10. The van der Waals surface area contributed by atoms with Gasteiger partial charge in [-0.05, 0) is 43.4 Å². The first-order valence-corrected chi connectivity index (χ1v) is 5.05. The van der Waals surface area contributed by atoms with Gasteiger partial charge in [0.1, 0.15) is 0 Å². The van der Waals surface area contributed by atoms with Gasteiger partial charge in [-0.2, -0.15) is 0 Å². The summed E-state index contributed by atoms with van der Waals surface area (Å²) in [4.78, 5) is 0. The average molecular weight is 165 g/mol. The van der Waals surface area contributed by atoms with Crippen molar-refractivity contribution in [2.75, 3.05) is 0 Å². The highest BCUT2D eigenvalue weighted by atomic mass is 14.7. The predicted molar refractivity (Wildman–Crippen MR) is 51.8 cm³/mol. The normalized spacial score (nSPS) is 47.7. The van der Waals surface area contributed by atoms with Crippen LogP contribution in [0, 0.1) is 11.3 Å². The Balaban J connectivity index is 2.21. The molecule has 0 heterocycles. The van der Waals surface area contributed by atoms with Gasteiger partial charge in [0.25, 0.3) is 0 Å². The standard InChI is InChI=1S/C11H19N/c1-8-3-4-9-5-6-10(12)11(9,2)7-8/h9-10H,1,3-7,12H2,2H3/t9?,10?,11-/m0/s1. The minimum Gasteiger partial charge on any atom is -0.327 e. The topological polar surface area (TPSA) is 26.0 Å². The quantitative estimate of drug-likeness (QED) is 0.548. The molecule has 0 bridgehead atoms. The van der Waals surface area contributed by atoms with Gasteiger partial charge in [0.05, 0.1) is 0 Å². The fraction of sp³-hybridized carbons (Fsp3) is 0.818. The molecule has 2 fully saturated rings. The summed E-state index contributed by atoms with van der Waals surface area (Å²) < 4.78 is 0. The van der Waals surface area contributed by atoms with Crippen LogP contribution in [0.2, 0.25) is 0 Å². The van der Waals surface area contributed by atoms with Crippen LogP contribution in [-0.2, 0) is 0 Å². The van der Waals surface area contributed by atoms with Crippen LogP contribution in [0.25, 0.3) is 0 Å². The second-order valence-corrected chi connectivity index (χ2v) is 4.85. The van der Waals surface area contributed by atoms with Gasteiger partial charge in [0.15, 0.2) is 0 Å². The molecule has 2 aliphatic carbocycles. The highest BCUT2D eigenvalue weighted by Gasteiger charge is 2.46. The van der Waals surface area contributed by atoms with Crippen molar-refractivity contribution in [2.24, 2.45) is 17.1 Å². The van der Waals surface area contributed by atoms with Crippen LogP contribution in [0.4, 0.5) is 0 Å². The molecule has 2 aliphatic rings. The average Bonchev–Trinajstić information content (AvgIpc) is 2.28. The lowest BCUT2D eigenvalue weighted by molar-refractivity contribution is 0.166. The van der Waals surface area contributed by atoms with Crippen LogP contribution >= 0.6 is 0 Å². The third kappa shape index (κ3) is 1.03. The van der Waals surface area contributed by atoms with Crippen molar-refractivity contribution in [3.63, 3.8) is 0 Å². The minimum atomic E-state index is 0.398. The Labute approximate surface area is 75.0 Å². The van der Waals surface area contributed by atoms with Crippen molar-refractivity contribution >= 4 is 0 Å². The Bertz CT molecular complexity index is 209. The van der Waals surface area contributed by atoms with Crippen molar-refractivity contribution in [1.29, 1.82) is 0 Å². The molecular formula is C11H19N. The van der Waals surface area contributed by atoms with E-state index in [0.717, 1.165) is 5.92 Å². The zero-order valence-electron chi connectivity index (χ0n) is 7.97.